The number of hydrogen-bond donors (Lipinski definition) is 3. The van der Waals surface area contributed by atoms with Crippen LogP contribution in [0.15, 0.2) is 60.7 Å². The van der Waals surface area contributed by atoms with Crippen LogP contribution < -0.4 is 10.6 Å². The van der Waals surface area contributed by atoms with Gasteiger partial charge in [-0.05, 0) is 47.9 Å². The van der Waals surface area contributed by atoms with Crippen molar-refractivity contribution >= 4 is 11.5 Å². The van der Waals surface area contributed by atoms with Crippen molar-refractivity contribution < 1.29 is 9.90 Å². The molecule has 1 aliphatic carbocycles. The highest BCUT2D eigenvalue weighted by Gasteiger charge is 2.40. The van der Waals surface area contributed by atoms with Crippen molar-refractivity contribution in [1.29, 1.82) is 0 Å². The van der Waals surface area contributed by atoms with Crippen LogP contribution in [-0.2, 0) is 11.2 Å². The van der Waals surface area contributed by atoms with E-state index in [1.165, 1.54) is 42.4 Å². The number of hydrogen-bond acceptors (Lipinski definition) is 3. The normalized spacial score (nSPS) is 23.8. The Morgan fingerprint density at radius 2 is 1.83 bits per heavy atom. The summed E-state index contributed by atoms with van der Waals surface area (Å²) in [6.45, 7) is 0.672. The average Bonchev–Trinajstić information content (AvgIpc) is 2.75. The summed E-state index contributed by atoms with van der Waals surface area (Å²) in [6, 6.07) is 18.8. The molecule has 0 unspecified atom stereocenters. The summed E-state index contributed by atoms with van der Waals surface area (Å²) in [5.41, 5.74) is 5.01. The van der Waals surface area contributed by atoms with Gasteiger partial charge in [-0.15, -0.1) is 0 Å². The molecule has 4 heteroatoms. The smallest absolute Gasteiger partial charge is 0.224 e. The first kappa shape index (κ1) is 19.9. The van der Waals surface area contributed by atoms with E-state index in [0.29, 0.717) is 13.0 Å². The number of nitrogens with one attached hydrogen (secondary N) is 2. The van der Waals surface area contributed by atoms with Gasteiger partial charge in [0.1, 0.15) is 0 Å². The molecule has 0 saturated carbocycles. The molecule has 1 heterocycles. The minimum Gasteiger partial charge on any atom is -0.395 e. The zero-order valence-electron chi connectivity index (χ0n) is 16.8. The van der Waals surface area contributed by atoms with Crippen LogP contribution in [-0.4, -0.2) is 36.2 Å². The van der Waals surface area contributed by atoms with E-state index in [0.717, 1.165) is 5.56 Å². The highest BCUT2D eigenvalue weighted by Crippen LogP contribution is 2.33. The molecule has 3 atom stereocenters. The van der Waals surface area contributed by atoms with E-state index < -0.39 is 0 Å². The van der Waals surface area contributed by atoms with E-state index in [-0.39, 0.29) is 30.5 Å². The lowest BCUT2D eigenvalue weighted by atomic mass is 9.77. The third-order valence-electron chi connectivity index (χ3n) is 6.18. The Hall–Kier alpha value is -2.43. The molecule has 2 aromatic rings. The first-order valence-electron chi connectivity index (χ1n) is 10.7. The number of allylic oxidation sites excluding steroid dienone is 2. The van der Waals surface area contributed by atoms with Crippen molar-refractivity contribution in [2.24, 2.45) is 0 Å². The van der Waals surface area contributed by atoms with Crippen molar-refractivity contribution in [3.8, 4) is 0 Å². The highest BCUT2D eigenvalue weighted by molar-refractivity contribution is 5.78. The SMILES string of the molecule is O=C(Cc1ccccc1)NC[C@@H]1N[C@H](CO)[C@@H]1c1ccc(C2=CCCCC2)cc1. The number of aliphatic hydroxyl groups is 1. The van der Waals surface area contributed by atoms with E-state index >= 15 is 0 Å². The van der Waals surface area contributed by atoms with Crippen LogP contribution in [0.4, 0.5) is 0 Å². The molecule has 2 aliphatic rings. The van der Waals surface area contributed by atoms with Gasteiger partial charge in [0.2, 0.25) is 5.91 Å². The minimum atomic E-state index is 0.0313. The fourth-order valence-corrected chi connectivity index (χ4v) is 4.55. The quantitative estimate of drug-likeness (QED) is 0.679. The molecular weight excluding hydrogens is 360 g/mol. The second kappa shape index (κ2) is 9.38. The van der Waals surface area contributed by atoms with Crippen LogP contribution in [0.3, 0.4) is 0 Å². The van der Waals surface area contributed by atoms with Gasteiger partial charge < -0.3 is 15.7 Å². The molecule has 1 saturated heterocycles. The number of benzene rings is 2. The fraction of sp³-hybridized carbons (Fsp3) is 0.400. The predicted octanol–water partition coefficient (Wildman–Crippen LogP) is 3.42. The summed E-state index contributed by atoms with van der Waals surface area (Å²) < 4.78 is 0. The van der Waals surface area contributed by atoms with Crippen LogP contribution in [0.1, 0.15) is 48.3 Å². The third kappa shape index (κ3) is 4.77. The summed E-state index contributed by atoms with van der Waals surface area (Å²) in [7, 11) is 0. The molecular formula is C25H30N2O2. The first-order valence-corrected chi connectivity index (χ1v) is 10.7. The maximum atomic E-state index is 12.3. The number of rotatable bonds is 7. The van der Waals surface area contributed by atoms with Crippen molar-refractivity contribution in [2.75, 3.05) is 13.2 Å². The molecule has 1 fully saturated rings. The van der Waals surface area contributed by atoms with E-state index in [2.05, 4.69) is 41.0 Å². The summed E-state index contributed by atoms with van der Waals surface area (Å²) in [6.07, 6.45) is 7.68. The molecule has 4 nitrogen and oxygen atoms in total. The predicted molar refractivity (Wildman–Crippen MR) is 117 cm³/mol. The largest absolute Gasteiger partial charge is 0.395 e. The van der Waals surface area contributed by atoms with Crippen LogP contribution in [0.25, 0.3) is 5.57 Å². The van der Waals surface area contributed by atoms with Crippen molar-refractivity contribution in [3.63, 3.8) is 0 Å². The Morgan fingerprint density at radius 1 is 1.03 bits per heavy atom. The van der Waals surface area contributed by atoms with Crippen LogP contribution in [0, 0.1) is 0 Å². The minimum absolute atomic E-state index is 0.0313. The van der Waals surface area contributed by atoms with E-state index in [1.807, 2.05) is 30.3 Å². The number of carbonyl (C=O) groups is 1. The molecule has 4 rings (SSSR count). The van der Waals surface area contributed by atoms with Gasteiger partial charge in [0, 0.05) is 24.5 Å². The van der Waals surface area contributed by atoms with E-state index in [4.69, 9.17) is 0 Å². The lowest BCUT2D eigenvalue weighted by Gasteiger charge is -2.46. The maximum Gasteiger partial charge on any atom is 0.224 e. The van der Waals surface area contributed by atoms with E-state index in [9.17, 15) is 9.90 Å². The zero-order valence-corrected chi connectivity index (χ0v) is 16.8. The monoisotopic (exact) mass is 390 g/mol. The highest BCUT2D eigenvalue weighted by atomic mass is 16.3. The van der Waals surface area contributed by atoms with Gasteiger partial charge in [-0.25, -0.2) is 0 Å². The summed E-state index contributed by atoms with van der Waals surface area (Å²) in [5, 5.41) is 16.2. The van der Waals surface area contributed by atoms with Crippen molar-refractivity contribution in [3.05, 3.63) is 77.4 Å². The maximum absolute atomic E-state index is 12.3. The molecule has 0 spiro atoms. The van der Waals surface area contributed by atoms with Gasteiger partial charge >= 0.3 is 0 Å². The van der Waals surface area contributed by atoms with Crippen LogP contribution in [0.2, 0.25) is 0 Å². The van der Waals surface area contributed by atoms with Crippen LogP contribution >= 0.6 is 0 Å². The number of carbonyl (C=O) groups excluding carboxylic acids is 1. The standard InChI is InChI=1S/C25H30N2O2/c28-17-23-25(21-13-11-20(12-14-21)19-9-5-2-6-10-19)22(27-23)16-26-24(29)15-18-7-3-1-4-8-18/h1,3-4,7-9,11-14,22-23,25,27-28H,2,5-6,10,15-17H2,(H,26,29)/t22-,23+,25+/m0/s1. The average molecular weight is 391 g/mol. The Labute approximate surface area is 173 Å². The topological polar surface area (TPSA) is 61.4 Å². The lowest BCUT2D eigenvalue weighted by Crippen LogP contribution is -2.64. The molecule has 1 aliphatic heterocycles. The van der Waals surface area contributed by atoms with Crippen molar-refractivity contribution in [1.82, 2.24) is 10.6 Å². The Kier molecular flexibility index (Phi) is 6.43. The summed E-state index contributed by atoms with van der Waals surface area (Å²) >= 11 is 0. The molecule has 29 heavy (non-hydrogen) atoms. The lowest BCUT2D eigenvalue weighted by molar-refractivity contribution is -0.120. The second-order valence-electron chi connectivity index (χ2n) is 8.15. The number of aliphatic hydroxyl groups excluding tert-OH is 1. The second-order valence-corrected chi connectivity index (χ2v) is 8.15. The Balaban J connectivity index is 1.36. The first-order chi connectivity index (χ1) is 14.2. The summed E-state index contributed by atoms with van der Waals surface area (Å²) in [4.78, 5) is 12.3. The van der Waals surface area contributed by atoms with E-state index in [1.54, 1.807) is 0 Å². The molecule has 0 aromatic heterocycles. The fourth-order valence-electron chi connectivity index (χ4n) is 4.55. The van der Waals surface area contributed by atoms with Gasteiger partial charge in [0.25, 0.3) is 0 Å². The molecule has 0 bridgehead atoms. The Bertz CT molecular complexity index is 845. The van der Waals surface area contributed by atoms with Gasteiger partial charge in [-0.2, -0.15) is 0 Å². The van der Waals surface area contributed by atoms with Gasteiger partial charge in [0.05, 0.1) is 13.0 Å². The number of amides is 1. The molecule has 0 radical (unpaired) electrons. The third-order valence-corrected chi connectivity index (χ3v) is 6.18. The summed E-state index contributed by atoms with van der Waals surface area (Å²) in [5.74, 6) is 0.246. The van der Waals surface area contributed by atoms with Gasteiger partial charge in [-0.3, -0.25) is 4.79 Å². The molecule has 3 N–H and O–H groups in total. The van der Waals surface area contributed by atoms with Gasteiger partial charge in [-0.1, -0.05) is 60.7 Å². The molecule has 2 aromatic carbocycles. The van der Waals surface area contributed by atoms with Gasteiger partial charge in [0.15, 0.2) is 0 Å². The molecule has 1 amide bonds. The Morgan fingerprint density at radius 3 is 2.52 bits per heavy atom. The zero-order chi connectivity index (χ0) is 20.1. The van der Waals surface area contributed by atoms with Crippen molar-refractivity contribution in [2.45, 2.75) is 50.1 Å². The van der Waals surface area contributed by atoms with Crippen LogP contribution in [0.5, 0.6) is 0 Å². The molecule has 152 valence electrons.